The van der Waals surface area contributed by atoms with E-state index in [1.165, 1.54) is 11.4 Å². The number of hydrogen-bond acceptors (Lipinski definition) is 4. The van der Waals surface area contributed by atoms with Gasteiger partial charge in [0.05, 0.1) is 11.9 Å². The fourth-order valence-corrected chi connectivity index (χ4v) is 3.69. The van der Waals surface area contributed by atoms with Gasteiger partial charge < -0.3 is 10.5 Å². The zero-order valence-electron chi connectivity index (χ0n) is 9.76. The molecule has 0 bridgehead atoms. The smallest absolute Gasteiger partial charge is 0.219 e. The Morgan fingerprint density at radius 3 is 2.69 bits per heavy atom. The van der Waals surface area contributed by atoms with Gasteiger partial charge in [-0.15, -0.1) is 12.4 Å². The quantitative estimate of drug-likeness (QED) is 0.776. The monoisotopic (exact) mass is 272 g/mol. The Labute approximate surface area is 104 Å². The Morgan fingerprint density at radius 1 is 1.56 bits per heavy atom. The van der Waals surface area contributed by atoms with E-state index >= 15 is 0 Å². The van der Waals surface area contributed by atoms with Crippen molar-refractivity contribution in [2.75, 3.05) is 26.8 Å². The molecule has 16 heavy (non-hydrogen) atoms. The fourth-order valence-electron chi connectivity index (χ4n) is 1.93. The summed E-state index contributed by atoms with van der Waals surface area (Å²) in [7, 11) is -1.72. The molecule has 1 fully saturated rings. The number of nitrogens with zero attached hydrogens (tertiary/aromatic N) is 1. The van der Waals surface area contributed by atoms with Gasteiger partial charge in [-0.1, -0.05) is 0 Å². The van der Waals surface area contributed by atoms with Crippen LogP contribution in [0.15, 0.2) is 0 Å². The molecule has 7 heteroatoms. The third kappa shape index (κ3) is 3.30. The van der Waals surface area contributed by atoms with E-state index < -0.39 is 15.3 Å². The molecule has 2 unspecified atom stereocenters. The van der Waals surface area contributed by atoms with Crippen LogP contribution < -0.4 is 5.73 Å². The van der Waals surface area contributed by atoms with E-state index in [2.05, 4.69) is 0 Å². The first kappa shape index (κ1) is 16.1. The molecule has 1 aliphatic heterocycles. The van der Waals surface area contributed by atoms with Gasteiger partial charge in [-0.2, -0.15) is 4.31 Å². The molecule has 1 rings (SSSR count). The van der Waals surface area contributed by atoms with Crippen molar-refractivity contribution in [2.45, 2.75) is 31.1 Å². The van der Waals surface area contributed by atoms with Gasteiger partial charge in [-0.25, -0.2) is 8.42 Å². The predicted octanol–water partition coefficient (Wildman–Crippen LogP) is 0.196. The number of hydrogen-bond donors (Lipinski definition) is 1. The van der Waals surface area contributed by atoms with Crippen LogP contribution >= 0.6 is 12.4 Å². The van der Waals surface area contributed by atoms with Crippen molar-refractivity contribution < 1.29 is 13.2 Å². The predicted molar refractivity (Wildman–Crippen MR) is 66.3 cm³/mol. The van der Waals surface area contributed by atoms with Crippen LogP contribution in [0.25, 0.3) is 0 Å². The lowest BCUT2D eigenvalue weighted by molar-refractivity contribution is 0.197. The van der Waals surface area contributed by atoms with Crippen molar-refractivity contribution in [1.82, 2.24) is 4.31 Å². The first-order valence-electron chi connectivity index (χ1n) is 5.23. The summed E-state index contributed by atoms with van der Waals surface area (Å²) in [6, 6.07) is -0.0192. The molecule has 1 heterocycles. The molecule has 0 aromatic carbocycles. The fraction of sp³-hybridized carbons (Fsp3) is 1.00. The molecule has 0 saturated carbocycles. The molecule has 0 spiro atoms. The van der Waals surface area contributed by atoms with Gasteiger partial charge in [0.2, 0.25) is 10.0 Å². The van der Waals surface area contributed by atoms with E-state index in [1.807, 2.05) is 0 Å². The molecule has 1 aliphatic rings. The molecule has 0 radical (unpaired) electrons. The Bertz CT molecular complexity index is 297. The van der Waals surface area contributed by atoms with E-state index in [9.17, 15) is 8.42 Å². The van der Waals surface area contributed by atoms with Crippen molar-refractivity contribution in [2.24, 2.45) is 5.73 Å². The van der Waals surface area contributed by atoms with Crippen molar-refractivity contribution in [3.8, 4) is 0 Å². The molecule has 0 aliphatic carbocycles. The molecule has 0 amide bonds. The minimum Gasteiger partial charge on any atom is -0.383 e. The average Bonchev–Trinajstić information content (AvgIpc) is 2.66. The highest BCUT2D eigenvalue weighted by atomic mass is 35.5. The number of sulfonamides is 1. The highest BCUT2D eigenvalue weighted by molar-refractivity contribution is 7.89. The molecule has 5 nitrogen and oxygen atoms in total. The van der Waals surface area contributed by atoms with Crippen LogP contribution in [0.4, 0.5) is 0 Å². The van der Waals surface area contributed by atoms with E-state index in [1.54, 1.807) is 6.92 Å². The molecular weight excluding hydrogens is 252 g/mol. The molecule has 0 aromatic rings. The van der Waals surface area contributed by atoms with Gasteiger partial charge in [-0.05, 0) is 19.8 Å². The standard InChI is InChI=1S/C9H20N2O3S.ClH/c1-8(7-14-2)15(12,13)11-5-3-4-9(11)6-10;/h8-9H,3-7,10H2,1-2H3;1H. The van der Waals surface area contributed by atoms with E-state index in [4.69, 9.17) is 10.5 Å². The topological polar surface area (TPSA) is 72.6 Å². The largest absolute Gasteiger partial charge is 0.383 e. The maximum Gasteiger partial charge on any atom is 0.219 e. The van der Waals surface area contributed by atoms with Gasteiger partial charge in [0.25, 0.3) is 0 Å². The van der Waals surface area contributed by atoms with Crippen LogP contribution in [-0.4, -0.2) is 50.8 Å². The number of rotatable bonds is 5. The lowest BCUT2D eigenvalue weighted by Gasteiger charge is -2.26. The zero-order chi connectivity index (χ0) is 11.5. The maximum absolute atomic E-state index is 12.1. The average molecular weight is 273 g/mol. The summed E-state index contributed by atoms with van der Waals surface area (Å²) in [4.78, 5) is 0. The molecule has 2 N–H and O–H groups in total. The number of methoxy groups -OCH3 is 1. The normalized spacial score (nSPS) is 24.1. The van der Waals surface area contributed by atoms with E-state index in [-0.39, 0.29) is 25.1 Å². The first-order chi connectivity index (χ1) is 7.04. The third-order valence-corrected chi connectivity index (χ3v) is 5.12. The summed E-state index contributed by atoms with van der Waals surface area (Å²) in [5.74, 6) is 0. The molecule has 0 aromatic heterocycles. The van der Waals surface area contributed by atoms with Crippen LogP contribution in [0.1, 0.15) is 19.8 Å². The number of nitrogens with two attached hydrogens (primary N) is 1. The lowest BCUT2D eigenvalue weighted by atomic mass is 10.2. The third-order valence-electron chi connectivity index (χ3n) is 2.83. The highest BCUT2D eigenvalue weighted by Gasteiger charge is 2.36. The second-order valence-electron chi connectivity index (χ2n) is 3.95. The van der Waals surface area contributed by atoms with Crippen molar-refractivity contribution >= 4 is 22.4 Å². The van der Waals surface area contributed by atoms with Crippen LogP contribution in [0, 0.1) is 0 Å². The molecular formula is C9H21ClN2O3S. The summed E-state index contributed by atoms with van der Waals surface area (Å²) in [6.45, 7) is 2.90. The van der Waals surface area contributed by atoms with Gasteiger partial charge in [0, 0.05) is 26.2 Å². The van der Waals surface area contributed by atoms with Crippen molar-refractivity contribution in [3.05, 3.63) is 0 Å². The summed E-state index contributed by atoms with van der Waals surface area (Å²) in [5.41, 5.74) is 5.56. The van der Waals surface area contributed by atoms with Gasteiger partial charge in [-0.3, -0.25) is 0 Å². The summed E-state index contributed by atoms with van der Waals surface area (Å²) in [6.07, 6.45) is 1.77. The minimum atomic E-state index is -3.23. The summed E-state index contributed by atoms with van der Waals surface area (Å²) < 4.78 is 30.6. The lowest BCUT2D eigenvalue weighted by Crippen LogP contribution is -2.44. The minimum absolute atomic E-state index is 0. The van der Waals surface area contributed by atoms with Crippen molar-refractivity contribution in [3.63, 3.8) is 0 Å². The van der Waals surface area contributed by atoms with Crippen LogP contribution in [-0.2, 0) is 14.8 Å². The highest BCUT2D eigenvalue weighted by Crippen LogP contribution is 2.22. The summed E-state index contributed by atoms with van der Waals surface area (Å²) >= 11 is 0. The van der Waals surface area contributed by atoms with Crippen LogP contribution in [0.2, 0.25) is 0 Å². The van der Waals surface area contributed by atoms with Crippen LogP contribution in [0.3, 0.4) is 0 Å². The Morgan fingerprint density at radius 2 is 2.19 bits per heavy atom. The van der Waals surface area contributed by atoms with E-state index in [0.29, 0.717) is 13.1 Å². The molecule has 2 atom stereocenters. The zero-order valence-corrected chi connectivity index (χ0v) is 11.4. The van der Waals surface area contributed by atoms with Crippen molar-refractivity contribution in [1.29, 1.82) is 0 Å². The number of ether oxygens (including phenoxy) is 1. The second kappa shape index (κ2) is 6.76. The summed E-state index contributed by atoms with van der Waals surface area (Å²) in [5, 5.41) is -0.491. The Hall–Kier alpha value is 0.120. The molecule has 1 saturated heterocycles. The second-order valence-corrected chi connectivity index (χ2v) is 6.26. The SMILES string of the molecule is COCC(C)S(=O)(=O)N1CCCC1CN.Cl. The Kier molecular flexibility index (Phi) is 6.81. The maximum atomic E-state index is 12.1. The van der Waals surface area contributed by atoms with Gasteiger partial charge in [0.15, 0.2) is 0 Å². The van der Waals surface area contributed by atoms with Gasteiger partial charge >= 0.3 is 0 Å². The van der Waals surface area contributed by atoms with E-state index in [0.717, 1.165) is 12.8 Å². The number of halogens is 1. The van der Waals surface area contributed by atoms with Crippen LogP contribution in [0.5, 0.6) is 0 Å². The Balaban J connectivity index is 0.00000225. The van der Waals surface area contributed by atoms with Gasteiger partial charge in [0.1, 0.15) is 0 Å². The first-order valence-corrected chi connectivity index (χ1v) is 6.74. The molecule has 98 valence electrons.